The molecule has 1 aromatic heterocycles. The zero-order chi connectivity index (χ0) is 18.6. The summed E-state index contributed by atoms with van der Waals surface area (Å²) in [6.45, 7) is 7.13. The summed E-state index contributed by atoms with van der Waals surface area (Å²) in [6, 6.07) is 9.76. The molecule has 136 valence electrons. The molecule has 0 saturated carbocycles. The van der Waals surface area contributed by atoms with Gasteiger partial charge in [-0.1, -0.05) is 42.4 Å². The Balaban J connectivity index is 1.99. The normalized spacial score (nSPS) is 14.1. The topological polar surface area (TPSA) is 89.3 Å². The highest BCUT2D eigenvalue weighted by atomic mass is 32.2. The van der Waals surface area contributed by atoms with Crippen molar-refractivity contribution < 1.29 is 17.7 Å². The number of aryl methyl sites for hydroxylation is 2. The summed E-state index contributed by atoms with van der Waals surface area (Å²) < 4.78 is 30.1. The van der Waals surface area contributed by atoms with Crippen LogP contribution >= 0.6 is 0 Å². The van der Waals surface area contributed by atoms with Crippen molar-refractivity contribution in [2.75, 3.05) is 6.54 Å². The summed E-state index contributed by atoms with van der Waals surface area (Å²) in [5, 5.41) is 5.36. The Kier molecular flexibility index (Phi) is 6.00. The zero-order valence-corrected chi connectivity index (χ0v) is 15.8. The number of nitrogens with zero attached hydrogens (tertiary/aromatic N) is 1. The largest absolute Gasteiger partial charge is 0.361 e. The van der Waals surface area contributed by atoms with Crippen molar-refractivity contribution in [1.29, 1.82) is 0 Å². The second kappa shape index (κ2) is 7.82. The average Bonchev–Trinajstić information content (AvgIpc) is 2.91. The van der Waals surface area contributed by atoms with Gasteiger partial charge in [0.2, 0.25) is 5.91 Å². The van der Waals surface area contributed by atoms with Gasteiger partial charge in [0, 0.05) is 12.1 Å². The molecule has 1 heterocycles. The van der Waals surface area contributed by atoms with Crippen LogP contribution in [0.3, 0.4) is 0 Å². The van der Waals surface area contributed by atoms with Gasteiger partial charge in [-0.3, -0.25) is 4.79 Å². The highest BCUT2D eigenvalue weighted by Crippen LogP contribution is 2.19. The van der Waals surface area contributed by atoms with Gasteiger partial charge < -0.3 is 9.84 Å². The lowest BCUT2D eigenvalue weighted by Crippen LogP contribution is -2.40. The molecule has 0 aliphatic carbocycles. The van der Waals surface area contributed by atoms with Crippen molar-refractivity contribution in [3.8, 4) is 0 Å². The molecule has 1 amide bonds. The van der Waals surface area contributed by atoms with E-state index >= 15 is 0 Å². The van der Waals surface area contributed by atoms with Crippen LogP contribution in [0, 0.1) is 13.8 Å². The molecule has 6 nitrogen and oxygen atoms in total. The molecular formula is C18H24N2O4S. The molecule has 2 atom stereocenters. The molecule has 1 aromatic carbocycles. The van der Waals surface area contributed by atoms with Crippen molar-refractivity contribution in [3.05, 3.63) is 52.9 Å². The van der Waals surface area contributed by atoms with Crippen molar-refractivity contribution >= 4 is 15.7 Å². The number of sulfone groups is 1. The fourth-order valence-corrected chi connectivity index (χ4v) is 3.97. The third-order valence-corrected chi connectivity index (χ3v) is 6.37. The highest BCUT2D eigenvalue weighted by molar-refractivity contribution is 7.92. The molecule has 2 aromatic rings. The summed E-state index contributed by atoms with van der Waals surface area (Å²) >= 11 is 0. The van der Waals surface area contributed by atoms with Crippen molar-refractivity contribution in [3.63, 3.8) is 0 Å². The standard InChI is InChI=1S/C18H24N2O4S/c1-12(16-8-6-5-7-9-16)10-19-18(21)15(4)25(22,23)11-17-13(2)20-24-14(17)3/h5-9,12,15H,10-11H2,1-4H3,(H,19,21). The number of nitrogens with one attached hydrogen (secondary N) is 1. The number of benzene rings is 1. The van der Waals surface area contributed by atoms with E-state index in [0.29, 0.717) is 23.6 Å². The summed E-state index contributed by atoms with van der Waals surface area (Å²) in [5.41, 5.74) is 2.15. The first-order chi connectivity index (χ1) is 11.7. The van der Waals surface area contributed by atoms with Crippen LogP contribution in [0.25, 0.3) is 0 Å². The van der Waals surface area contributed by atoms with Gasteiger partial charge in [0.1, 0.15) is 11.0 Å². The van der Waals surface area contributed by atoms with Crippen LogP contribution in [-0.4, -0.2) is 31.3 Å². The Bertz CT molecular complexity index is 809. The van der Waals surface area contributed by atoms with E-state index in [2.05, 4.69) is 10.5 Å². The van der Waals surface area contributed by atoms with E-state index in [1.54, 1.807) is 13.8 Å². The predicted octanol–water partition coefficient (Wildman–Crippen LogP) is 2.51. The number of hydrogen-bond acceptors (Lipinski definition) is 5. The van der Waals surface area contributed by atoms with Gasteiger partial charge in [0.15, 0.2) is 9.84 Å². The number of carbonyl (C=O) groups excluding carboxylic acids is 1. The summed E-state index contributed by atoms with van der Waals surface area (Å²) in [6.07, 6.45) is 0. The molecule has 0 bridgehead atoms. The van der Waals surface area contributed by atoms with Gasteiger partial charge in [-0.25, -0.2) is 8.42 Å². The van der Waals surface area contributed by atoms with Crippen LogP contribution in [0.1, 0.15) is 42.3 Å². The molecule has 7 heteroatoms. The van der Waals surface area contributed by atoms with Gasteiger partial charge in [-0.15, -0.1) is 0 Å². The van der Waals surface area contributed by atoms with Crippen LogP contribution in [0.15, 0.2) is 34.9 Å². The van der Waals surface area contributed by atoms with Crippen LogP contribution < -0.4 is 5.32 Å². The molecule has 0 saturated heterocycles. The highest BCUT2D eigenvalue weighted by Gasteiger charge is 2.30. The maximum Gasteiger partial charge on any atom is 0.238 e. The van der Waals surface area contributed by atoms with E-state index in [1.165, 1.54) is 6.92 Å². The third kappa shape index (κ3) is 4.69. The molecule has 0 aliphatic heterocycles. The van der Waals surface area contributed by atoms with Gasteiger partial charge in [-0.05, 0) is 32.3 Å². The molecule has 0 radical (unpaired) electrons. The molecule has 0 aliphatic rings. The summed E-state index contributed by atoms with van der Waals surface area (Å²) in [5.74, 6) is -0.180. The Morgan fingerprint density at radius 3 is 2.40 bits per heavy atom. The van der Waals surface area contributed by atoms with Crippen molar-refractivity contribution in [2.45, 2.75) is 44.6 Å². The summed E-state index contributed by atoms with van der Waals surface area (Å²) in [7, 11) is -3.65. The lowest BCUT2D eigenvalue weighted by atomic mass is 10.0. The fraction of sp³-hybridized carbons (Fsp3) is 0.444. The molecular weight excluding hydrogens is 340 g/mol. The van der Waals surface area contributed by atoms with Crippen molar-refractivity contribution in [1.82, 2.24) is 10.5 Å². The van der Waals surface area contributed by atoms with E-state index in [0.717, 1.165) is 5.56 Å². The molecule has 2 unspecified atom stereocenters. The van der Waals surface area contributed by atoms with Crippen LogP contribution in [0.4, 0.5) is 0 Å². The molecule has 0 fully saturated rings. The zero-order valence-electron chi connectivity index (χ0n) is 14.9. The minimum Gasteiger partial charge on any atom is -0.361 e. The first-order valence-corrected chi connectivity index (χ1v) is 9.90. The number of amides is 1. The van der Waals surface area contributed by atoms with Crippen LogP contribution in [-0.2, 0) is 20.4 Å². The first-order valence-electron chi connectivity index (χ1n) is 8.18. The number of rotatable bonds is 7. The Labute approximate surface area is 148 Å². The van der Waals surface area contributed by atoms with Crippen LogP contribution in [0.5, 0.6) is 0 Å². The second-order valence-electron chi connectivity index (χ2n) is 6.31. The Morgan fingerprint density at radius 1 is 1.20 bits per heavy atom. The van der Waals surface area contributed by atoms with Gasteiger partial charge in [0.05, 0.1) is 11.4 Å². The van der Waals surface area contributed by atoms with E-state index in [9.17, 15) is 13.2 Å². The van der Waals surface area contributed by atoms with Gasteiger partial charge >= 0.3 is 0 Å². The van der Waals surface area contributed by atoms with Crippen molar-refractivity contribution in [2.24, 2.45) is 0 Å². The van der Waals surface area contributed by atoms with E-state index in [-0.39, 0.29) is 11.7 Å². The minimum atomic E-state index is -3.65. The predicted molar refractivity (Wildman–Crippen MR) is 95.9 cm³/mol. The van der Waals surface area contributed by atoms with Gasteiger partial charge in [0.25, 0.3) is 0 Å². The molecule has 0 spiro atoms. The number of aromatic nitrogens is 1. The molecule has 25 heavy (non-hydrogen) atoms. The average molecular weight is 364 g/mol. The Hall–Kier alpha value is -2.15. The first kappa shape index (κ1) is 19.2. The maximum absolute atomic E-state index is 12.5. The van der Waals surface area contributed by atoms with E-state index in [4.69, 9.17) is 4.52 Å². The van der Waals surface area contributed by atoms with Crippen LogP contribution in [0.2, 0.25) is 0 Å². The second-order valence-corrected chi connectivity index (χ2v) is 8.63. The van der Waals surface area contributed by atoms with Gasteiger partial charge in [-0.2, -0.15) is 0 Å². The minimum absolute atomic E-state index is 0.0996. The third-order valence-electron chi connectivity index (χ3n) is 4.39. The lowest BCUT2D eigenvalue weighted by molar-refractivity contribution is -0.120. The molecule has 2 rings (SSSR count). The fourth-order valence-electron chi connectivity index (χ4n) is 2.49. The summed E-state index contributed by atoms with van der Waals surface area (Å²) in [4.78, 5) is 12.3. The number of hydrogen-bond donors (Lipinski definition) is 1. The monoisotopic (exact) mass is 364 g/mol. The SMILES string of the molecule is Cc1noc(C)c1CS(=O)(=O)C(C)C(=O)NCC(C)c1ccccc1. The quantitative estimate of drug-likeness (QED) is 0.815. The van der Waals surface area contributed by atoms with E-state index in [1.807, 2.05) is 37.3 Å². The lowest BCUT2D eigenvalue weighted by Gasteiger charge is -2.16. The molecule has 1 N–H and O–H groups in total. The number of carbonyl (C=O) groups is 1. The maximum atomic E-state index is 12.5. The smallest absolute Gasteiger partial charge is 0.238 e. The van der Waals surface area contributed by atoms with E-state index < -0.39 is 21.0 Å². The Morgan fingerprint density at radius 2 is 1.84 bits per heavy atom.